The Morgan fingerprint density at radius 1 is 1.29 bits per heavy atom. The van der Waals surface area contributed by atoms with E-state index in [2.05, 4.69) is 0 Å². The third-order valence-corrected chi connectivity index (χ3v) is 5.43. The van der Waals surface area contributed by atoms with E-state index in [1.165, 1.54) is 30.2 Å². The van der Waals surface area contributed by atoms with E-state index in [1.54, 1.807) is 0 Å². The van der Waals surface area contributed by atoms with E-state index in [-0.39, 0.29) is 28.8 Å². The van der Waals surface area contributed by atoms with Gasteiger partial charge in [0.25, 0.3) is 5.91 Å². The van der Waals surface area contributed by atoms with E-state index in [1.807, 2.05) is 6.92 Å². The Bertz CT molecular complexity index is 758. The summed E-state index contributed by atoms with van der Waals surface area (Å²) in [7, 11) is -2.08. The van der Waals surface area contributed by atoms with E-state index in [0.717, 1.165) is 6.26 Å². The molecule has 7 nitrogen and oxygen atoms in total. The van der Waals surface area contributed by atoms with E-state index in [9.17, 15) is 23.1 Å². The standard InChI is InChI=1S/C16H21NO6S/c1-10-4-5-11(16(19)20)9-17(10)15(18)13-8-12(24(3,21)22)6-7-14(13)23-2/h6-8,10-11H,4-5,9H2,1-3H3,(H,19,20). The molecule has 1 fully saturated rings. The number of aliphatic carboxylic acids is 1. The smallest absolute Gasteiger partial charge is 0.308 e. The van der Waals surface area contributed by atoms with Crippen molar-refractivity contribution in [3.05, 3.63) is 23.8 Å². The Labute approximate surface area is 141 Å². The monoisotopic (exact) mass is 355 g/mol. The molecule has 24 heavy (non-hydrogen) atoms. The van der Waals surface area contributed by atoms with Gasteiger partial charge in [-0.25, -0.2) is 8.42 Å². The van der Waals surface area contributed by atoms with Gasteiger partial charge < -0.3 is 14.7 Å². The molecule has 2 atom stereocenters. The summed E-state index contributed by atoms with van der Waals surface area (Å²) in [5.74, 6) is -1.71. The lowest BCUT2D eigenvalue weighted by Crippen LogP contribution is -2.47. The molecule has 1 heterocycles. The Morgan fingerprint density at radius 3 is 2.50 bits per heavy atom. The van der Waals surface area contributed by atoms with Crippen LogP contribution in [-0.4, -0.2) is 56.3 Å². The van der Waals surface area contributed by atoms with Crippen molar-refractivity contribution >= 4 is 21.7 Å². The van der Waals surface area contributed by atoms with Crippen LogP contribution in [0.15, 0.2) is 23.1 Å². The molecular weight excluding hydrogens is 334 g/mol. The molecule has 0 bridgehead atoms. The van der Waals surface area contributed by atoms with Crippen molar-refractivity contribution in [3.63, 3.8) is 0 Å². The number of amides is 1. The maximum absolute atomic E-state index is 12.9. The first-order valence-electron chi connectivity index (χ1n) is 7.57. The largest absolute Gasteiger partial charge is 0.496 e. The van der Waals surface area contributed by atoms with Crippen LogP contribution in [0.1, 0.15) is 30.1 Å². The van der Waals surface area contributed by atoms with Gasteiger partial charge in [-0.1, -0.05) is 0 Å². The minimum atomic E-state index is -3.47. The predicted octanol–water partition coefficient (Wildman–Crippen LogP) is 1.42. The summed E-state index contributed by atoms with van der Waals surface area (Å²) in [4.78, 5) is 25.6. The van der Waals surface area contributed by atoms with Crippen LogP contribution in [0, 0.1) is 5.92 Å². The van der Waals surface area contributed by atoms with Gasteiger partial charge in [-0.05, 0) is 38.0 Å². The number of sulfone groups is 1. The number of nitrogens with zero attached hydrogens (tertiary/aromatic N) is 1. The third kappa shape index (κ3) is 3.69. The summed E-state index contributed by atoms with van der Waals surface area (Å²) >= 11 is 0. The molecule has 0 aromatic heterocycles. The molecular formula is C16H21NO6S. The summed E-state index contributed by atoms with van der Waals surface area (Å²) in [6.07, 6.45) is 2.16. The molecule has 0 radical (unpaired) electrons. The number of carboxylic acids is 1. The van der Waals surface area contributed by atoms with Crippen LogP contribution in [0.4, 0.5) is 0 Å². The van der Waals surface area contributed by atoms with Crippen LogP contribution < -0.4 is 4.74 Å². The van der Waals surface area contributed by atoms with Gasteiger partial charge in [-0.2, -0.15) is 0 Å². The average Bonchev–Trinajstić information content (AvgIpc) is 2.52. The maximum Gasteiger partial charge on any atom is 0.308 e. The van der Waals surface area contributed by atoms with Crippen LogP contribution in [0.2, 0.25) is 0 Å². The minimum absolute atomic E-state index is 0.0195. The van der Waals surface area contributed by atoms with Gasteiger partial charge in [0.2, 0.25) is 0 Å². The summed E-state index contributed by atoms with van der Waals surface area (Å²) < 4.78 is 28.7. The fraction of sp³-hybridized carbons (Fsp3) is 0.500. The van der Waals surface area contributed by atoms with Crippen molar-refractivity contribution in [3.8, 4) is 5.75 Å². The summed E-state index contributed by atoms with van der Waals surface area (Å²) in [5.41, 5.74) is 0.123. The Balaban J connectivity index is 2.42. The Kier molecular flexibility index (Phi) is 5.17. The number of hydrogen-bond donors (Lipinski definition) is 1. The van der Waals surface area contributed by atoms with E-state index in [4.69, 9.17) is 4.74 Å². The SMILES string of the molecule is COc1ccc(S(C)(=O)=O)cc1C(=O)N1CC(C(=O)O)CCC1C. The molecule has 2 rings (SSSR count). The van der Waals surface area contributed by atoms with Gasteiger partial charge in [-0.15, -0.1) is 0 Å². The molecule has 8 heteroatoms. The number of likely N-dealkylation sites (tertiary alicyclic amines) is 1. The molecule has 1 amide bonds. The predicted molar refractivity (Wildman–Crippen MR) is 87.0 cm³/mol. The van der Waals surface area contributed by atoms with Gasteiger partial charge >= 0.3 is 5.97 Å². The van der Waals surface area contributed by atoms with Crippen molar-refractivity contribution in [1.82, 2.24) is 4.90 Å². The van der Waals surface area contributed by atoms with Crippen molar-refractivity contribution in [1.29, 1.82) is 0 Å². The molecule has 0 aliphatic carbocycles. The van der Waals surface area contributed by atoms with Crippen LogP contribution in [-0.2, 0) is 14.6 Å². The zero-order valence-corrected chi connectivity index (χ0v) is 14.7. The fourth-order valence-corrected chi connectivity index (χ4v) is 3.48. The van der Waals surface area contributed by atoms with Gasteiger partial charge in [0.15, 0.2) is 9.84 Å². The number of ether oxygens (including phenoxy) is 1. The highest BCUT2D eigenvalue weighted by atomic mass is 32.2. The topological polar surface area (TPSA) is 101 Å². The zero-order chi connectivity index (χ0) is 18.1. The quantitative estimate of drug-likeness (QED) is 0.877. The lowest BCUT2D eigenvalue weighted by atomic mass is 9.93. The minimum Gasteiger partial charge on any atom is -0.496 e. The number of piperidine rings is 1. The molecule has 1 aromatic rings. The van der Waals surface area contributed by atoms with Crippen molar-refractivity contribution in [2.45, 2.75) is 30.7 Å². The third-order valence-electron chi connectivity index (χ3n) is 4.32. The average molecular weight is 355 g/mol. The van der Waals surface area contributed by atoms with Gasteiger partial charge in [-0.3, -0.25) is 9.59 Å². The molecule has 132 valence electrons. The number of hydrogen-bond acceptors (Lipinski definition) is 5. The number of carbonyl (C=O) groups excluding carboxylic acids is 1. The highest BCUT2D eigenvalue weighted by Gasteiger charge is 2.34. The number of benzene rings is 1. The zero-order valence-electron chi connectivity index (χ0n) is 13.9. The second-order valence-electron chi connectivity index (χ2n) is 6.05. The number of carboxylic acid groups (broad SMARTS) is 1. The van der Waals surface area contributed by atoms with E-state index < -0.39 is 27.6 Å². The van der Waals surface area contributed by atoms with Gasteiger partial charge in [0.1, 0.15) is 5.75 Å². The summed E-state index contributed by atoms with van der Waals surface area (Å²) in [6, 6.07) is 3.98. The molecule has 1 aliphatic heterocycles. The second kappa shape index (κ2) is 6.80. The number of rotatable bonds is 4. The summed E-state index contributed by atoms with van der Waals surface area (Å²) in [6.45, 7) is 1.95. The normalized spacial score (nSPS) is 21.4. The molecule has 1 N–H and O–H groups in total. The highest BCUT2D eigenvalue weighted by Crippen LogP contribution is 2.28. The number of carbonyl (C=O) groups is 2. The van der Waals surface area contributed by atoms with E-state index >= 15 is 0 Å². The van der Waals surface area contributed by atoms with Gasteiger partial charge in [0.05, 0.1) is 23.5 Å². The van der Waals surface area contributed by atoms with E-state index in [0.29, 0.717) is 12.8 Å². The number of methoxy groups -OCH3 is 1. The Hall–Kier alpha value is -2.09. The molecule has 1 aliphatic rings. The first-order chi connectivity index (χ1) is 11.1. The van der Waals surface area contributed by atoms with Crippen LogP contribution in [0.3, 0.4) is 0 Å². The molecule has 1 aromatic carbocycles. The van der Waals surface area contributed by atoms with Gasteiger partial charge in [0, 0.05) is 18.8 Å². The lowest BCUT2D eigenvalue weighted by Gasteiger charge is -2.36. The van der Waals surface area contributed by atoms with Crippen molar-refractivity contribution in [2.24, 2.45) is 5.92 Å². The molecule has 0 spiro atoms. The molecule has 0 saturated carbocycles. The molecule has 1 saturated heterocycles. The van der Waals surface area contributed by atoms with Crippen molar-refractivity contribution < 1.29 is 27.9 Å². The van der Waals surface area contributed by atoms with Crippen LogP contribution >= 0.6 is 0 Å². The highest BCUT2D eigenvalue weighted by molar-refractivity contribution is 7.90. The second-order valence-corrected chi connectivity index (χ2v) is 8.07. The first-order valence-corrected chi connectivity index (χ1v) is 9.46. The molecule has 2 unspecified atom stereocenters. The van der Waals surface area contributed by atoms with Crippen LogP contribution in [0.25, 0.3) is 0 Å². The van der Waals surface area contributed by atoms with Crippen LogP contribution in [0.5, 0.6) is 5.75 Å². The lowest BCUT2D eigenvalue weighted by molar-refractivity contribution is -0.143. The maximum atomic E-state index is 12.9. The Morgan fingerprint density at radius 2 is 1.96 bits per heavy atom. The fourth-order valence-electron chi connectivity index (χ4n) is 2.83. The van der Waals surface area contributed by atoms with Crippen molar-refractivity contribution in [2.75, 3.05) is 19.9 Å². The summed E-state index contributed by atoms with van der Waals surface area (Å²) in [5, 5.41) is 9.20. The first kappa shape index (κ1) is 18.3.